The number of aliphatic imine (C=N–C) groups is 1. The molecule has 168 valence electrons. The number of fused-ring (bicyclic) bond motifs is 1. The zero-order valence-corrected chi connectivity index (χ0v) is 18.6. The van der Waals surface area contributed by atoms with E-state index in [2.05, 4.69) is 55.9 Å². The van der Waals surface area contributed by atoms with Gasteiger partial charge in [-0.15, -0.1) is 10.2 Å². The van der Waals surface area contributed by atoms with Crippen LogP contribution in [0, 0.1) is 0 Å². The number of hydrogen-bond acceptors (Lipinski definition) is 6. The summed E-state index contributed by atoms with van der Waals surface area (Å²) in [4.78, 5) is 9.67. The van der Waals surface area contributed by atoms with E-state index >= 15 is 0 Å². The van der Waals surface area contributed by atoms with Crippen molar-refractivity contribution in [2.24, 2.45) is 4.99 Å². The van der Waals surface area contributed by atoms with Gasteiger partial charge in [0.05, 0.1) is 0 Å². The van der Waals surface area contributed by atoms with Crippen LogP contribution in [0.1, 0.15) is 31.7 Å². The average Bonchev–Trinajstić information content (AvgIpc) is 3.45. The second-order valence-electron chi connectivity index (χ2n) is 7.88. The summed E-state index contributed by atoms with van der Waals surface area (Å²) in [5.74, 6) is 3.73. The highest BCUT2D eigenvalue weighted by Crippen LogP contribution is 2.32. The largest absolute Gasteiger partial charge is 0.454 e. The number of piperazine rings is 1. The van der Waals surface area contributed by atoms with Crippen LogP contribution in [0.5, 0.6) is 11.5 Å². The summed E-state index contributed by atoms with van der Waals surface area (Å²) < 4.78 is 13.0. The molecule has 0 atom stereocenters. The molecule has 1 aromatic heterocycles. The number of hydrogen-bond donors (Lipinski definition) is 1. The monoisotopic (exact) mass is 427 g/mol. The van der Waals surface area contributed by atoms with E-state index in [-0.39, 0.29) is 0 Å². The number of nitrogens with zero attached hydrogens (tertiary/aromatic N) is 6. The van der Waals surface area contributed by atoms with Crippen molar-refractivity contribution in [3.8, 4) is 11.5 Å². The van der Waals surface area contributed by atoms with Gasteiger partial charge in [-0.2, -0.15) is 0 Å². The molecule has 1 aromatic carbocycles. The summed E-state index contributed by atoms with van der Waals surface area (Å²) in [5.41, 5.74) is 1.26. The third kappa shape index (κ3) is 5.46. The van der Waals surface area contributed by atoms with Gasteiger partial charge in [0.15, 0.2) is 17.5 Å². The topological polar surface area (TPSA) is 80.0 Å². The number of guanidine groups is 1. The number of aromatic nitrogens is 3. The van der Waals surface area contributed by atoms with Gasteiger partial charge in [0, 0.05) is 58.8 Å². The van der Waals surface area contributed by atoms with E-state index in [0.29, 0.717) is 6.79 Å². The van der Waals surface area contributed by atoms with Gasteiger partial charge in [-0.25, -0.2) is 0 Å². The smallest absolute Gasteiger partial charge is 0.231 e. The van der Waals surface area contributed by atoms with Gasteiger partial charge in [-0.05, 0) is 24.1 Å². The average molecular weight is 428 g/mol. The summed E-state index contributed by atoms with van der Waals surface area (Å²) >= 11 is 0. The van der Waals surface area contributed by atoms with E-state index in [1.54, 1.807) is 6.33 Å². The Bertz CT molecular complexity index is 874. The first-order chi connectivity index (χ1) is 15.3. The Labute approximate surface area is 184 Å². The van der Waals surface area contributed by atoms with Gasteiger partial charge in [-0.3, -0.25) is 9.89 Å². The zero-order chi connectivity index (χ0) is 21.5. The Morgan fingerprint density at radius 3 is 2.77 bits per heavy atom. The van der Waals surface area contributed by atoms with Crippen molar-refractivity contribution in [1.29, 1.82) is 0 Å². The Morgan fingerprint density at radius 2 is 1.97 bits per heavy atom. The summed E-state index contributed by atoms with van der Waals surface area (Å²) in [6, 6.07) is 6.23. The van der Waals surface area contributed by atoms with E-state index in [4.69, 9.17) is 14.5 Å². The highest BCUT2D eigenvalue weighted by molar-refractivity contribution is 5.80. The maximum Gasteiger partial charge on any atom is 0.231 e. The minimum absolute atomic E-state index is 0.321. The number of ether oxygens (including phenoxy) is 2. The summed E-state index contributed by atoms with van der Waals surface area (Å²) in [5, 5.41) is 11.7. The summed E-state index contributed by atoms with van der Waals surface area (Å²) in [6.45, 7) is 11.9. The van der Waals surface area contributed by atoms with Gasteiger partial charge in [0.25, 0.3) is 0 Å². The number of benzene rings is 1. The maximum atomic E-state index is 5.51. The molecule has 0 bridgehead atoms. The standard InChI is InChI=1S/C22H33N7O2/c1-3-7-23-22(24-8-9-29-16-25-26-21(29)4-2)28-12-10-27(11-13-28)15-18-5-6-19-20(14-18)31-17-30-19/h5-6,14,16H,3-4,7-13,15,17H2,1-2H3,(H,23,24). The van der Waals surface area contributed by atoms with E-state index in [9.17, 15) is 0 Å². The Morgan fingerprint density at radius 1 is 1.13 bits per heavy atom. The normalized spacial score (nSPS) is 16.7. The molecule has 1 saturated heterocycles. The first kappa shape index (κ1) is 21.4. The second kappa shape index (κ2) is 10.5. The molecule has 31 heavy (non-hydrogen) atoms. The van der Waals surface area contributed by atoms with Crippen LogP contribution in [0.25, 0.3) is 0 Å². The van der Waals surface area contributed by atoms with E-state index in [0.717, 1.165) is 88.5 Å². The minimum atomic E-state index is 0.321. The molecule has 2 aliphatic rings. The lowest BCUT2D eigenvalue weighted by Crippen LogP contribution is -2.52. The fourth-order valence-corrected chi connectivity index (χ4v) is 3.93. The number of nitrogens with one attached hydrogen (secondary N) is 1. The highest BCUT2D eigenvalue weighted by Gasteiger charge is 2.21. The summed E-state index contributed by atoms with van der Waals surface area (Å²) in [6.07, 6.45) is 3.74. The molecule has 0 unspecified atom stereocenters. The first-order valence-electron chi connectivity index (χ1n) is 11.3. The van der Waals surface area contributed by atoms with Crippen molar-refractivity contribution >= 4 is 5.96 Å². The second-order valence-corrected chi connectivity index (χ2v) is 7.88. The SMILES string of the molecule is CCCN=C(NCCn1cnnc1CC)N1CCN(Cc2ccc3c(c2)OCO3)CC1. The summed E-state index contributed by atoms with van der Waals surface area (Å²) in [7, 11) is 0. The number of rotatable bonds is 8. The van der Waals surface area contributed by atoms with Crippen LogP contribution in [-0.4, -0.2) is 76.6 Å². The van der Waals surface area contributed by atoms with Gasteiger partial charge < -0.3 is 24.3 Å². The van der Waals surface area contributed by atoms with Crippen molar-refractivity contribution in [1.82, 2.24) is 29.9 Å². The third-order valence-corrected chi connectivity index (χ3v) is 5.65. The van der Waals surface area contributed by atoms with Gasteiger partial charge in [0.2, 0.25) is 6.79 Å². The van der Waals surface area contributed by atoms with E-state index in [1.807, 2.05) is 6.07 Å². The van der Waals surface area contributed by atoms with Crippen LogP contribution in [0.3, 0.4) is 0 Å². The highest BCUT2D eigenvalue weighted by atomic mass is 16.7. The molecule has 1 N–H and O–H groups in total. The maximum absolute atomic E-state index is 5.51. The molecule has 0 aliphatic carbocycles. The lowest BCUT2D eigenvalue weighted by molar-refractivity contribution is 0.171. The lowest BCUT2D eigenvalue weighted by atomic mass is 10.1. The van der Waals surface area contributed by atoms with Crippen LogP contribution in [0.15, 0.2) is 29.5 Å². The van der Waals surface area contributed by atoms with Crippen LogP contribution >= 0.6 is 0 Å². The molecule has 2 aromatic rings. The fourth-order valence-electron chi connectivity index (χ4n) is 3.93. The molecule has 1 fully saturated rings. The molecule has 9 heteroatoms. The molecule has 0 radical (unpaired) electrons. The Hall–Kier alpha value is -2.81. The van der Waals surface area contributed by atoms with E-state index < -0.39 is 0 Å². The van der Waals surface area contributed by atoms with Gasteiger partial charge >= 0.3 is 0 Å². The minimum Gasteiger partial charge on any atom is -0.454 e. The first-order valence-corrected chi connectivity index (χ1v) is 11.3. The van der Waals surface area contributed by atoms with Crippen LogP contribution in [0.2, 0.25) is 0 Å². The Kier molecular flexibility index (Phi) is 7.24. The van der Waals surface area contributed by atoms with Gasteiger partial charge in [-0.1, -0.05) is 19.9 Å². The van der Waals surface area contributed by atoms with Crippen LogP contribution in [0.4, 0.5) is 0 Å². The number of aryl methyl sites for hydroxylation is 1. The van der Waals surface area contributed by atoms with Crippen molar-refractivity contribution in [3.05, 3.63) is 35.9 Å². The van der Waals surface area contributed by atoms with Crippen molar-refractivity contribution in [2.75, 3.05) is 46.1 Å². The molecular formula is C22H33N7O2. The van der Waals surface area contributed by atoms with Crippen LogP contribution < -0.4 is 14.8 Å². The molecule has 2 aliphatic heterocycles. The fraction of sp³-hybridized carbons (Fsp3) is 0.591. The van der Waals surface area contributed by atoms with Crippen molar-refractivity contribution < 1.29 is 9.47 Å². The molecule has 3 heterocycles. The Balaban J connectivity index is 1.28. The predicted molar refractivity (Wildman–Crippen MR) is 119 cm³/mol. The van der Waals surface area contributed by atoms with Crippen molar-refractivity contribution in [2.45, 2.75) is 39.8 Å². The molecule has 9 nitrogen and oxygen atoms in total. The van der Waals surface area contributed by atoms with Crippen LogP contribution in [-0.2, 0) is 19.5 Å². The lowest BCUT2D eigenvalue weighted by Gasteiger charge is -2.36. The van der Waals surface area contributed by atoms with Gasteiger partial charge in [0.1, 0.15) is 12.2 Å². The molecular weight excluding hydrogens is 394 g/mol. The molecule has 0 amide bonds. The molecule has 0 saturated carbocycles. The third-order valence-electron chi connectivity index (χ3n) is 5.65. The van der Waals surface area contributed by atoms with E-state index in [1.165, 1.54) is 5.56 Å². The molecule has 4 rings (SSSR count). The quantitative estimate of drug-likeness (QED) is 0.508. The predicted octanol–water partition coefficient (Wildman–Crippen LogP) is 1.74. The zero-order valence-electron chi connectivity index (χ0n) is 18.6. The van der Waals surface area contributed by atoms with Crippen molar-refractivity contribution in [3.63, 3.8) is 0 Å². The molecule has 0 spiro atoms.